The highest BCUT2D eigenvalue weighted by molar-refractivity contribution is 7.21. The lowest BCUT2D eigenvalue weighted by atomic mass is 10.1. The highest BCUT2D eigenvalue weighted by Crippen LogP contribution is 2.40. The lowest BCUT2D eigenvalue weighted by Crippen LogP contribution is -2.32. The van der Waals surface area contributed by atoms with Gasteiger partial charge < -0.3 is 8.82 Å². The van der Waals surface area contributed by atoms with Crippen molar-refractivity contribution in [2.45, 2.75) is 32.7 Å². The number of nitrogens with zero attached hydrogens (tertiary/aromatic N) is 14. The molecule has 0 N–H and O–H groups in total. The van der Waals surface area contributed by atoms with Gasteiger partial charge in [-0.05, 0) is 102 Å². The zero-order chi connectivity index (χ0) is 70.2. The summed E-state index contributed by atoms with van der Waals surface area (Å²) in [6.07, 6.45) is 14.1. The standard InChI is InChI=1S/C22H16N3.C17H14N3.C16H13N4.C16H11N2O.C16H11N2S/c1-2-9-17(10-3-1)25-21-19-12-5-4-8-16(19)15-24(21)20-14-18-11-6-7-13-23(18)22(20)25;1-18-15-10-13-7-4-5-9-19(13)17(15)20-11-12-6-2-3-8-14(12)16(18)20;1-18-14-8-12-9-17-6-7-19(12)16(14)20-10-11-4-2-3-5-13(11)15(18)20;2*1-2-7-13-11(5-1)10-18-14-9-12-6-3-4-8-17(12)16(14)19-15(13)18/h1-14H,15H2;2-10H,11H2,1H3;2-9H,10H2,1H3;2*1-9H,10H2/q5*+1/i;1D3;;;. The Hall–Kier alpha value is -13.2. The van der Waals surface area contributed by atoms with Crippen molar-refractivity contribution in [3.05, 3.63) is 326 Å². The van der Waals surface area contributed by atoms with Crippen molar-refractivity contribution in [2.24, 2.45) is 14.0 Å². The lowest BCUT2D eigenvalue weighted by Gasteiger charge is -2.03. The van der Waals surface area contributed by atoms with E-state index in [0.717, 1.165) is 82.4 Å². The van der Waals surface area contributed by atoms with Gasteiger partial charge in [-0.2, -0.15) is 13.7 Å². The quantitative estimate of drug-likeness (QED) is 0.153. The normalized spacial score (nSPS) is 13.5. The van der Waals surface area contributed by atoms with Crippen molar-refractivity contribution in [3.8, 4) is 61.9 Å². The second-order valence-electron chi connectivity index (χ2n) is 27.1. The molecule has 20 heterocycles. The van der Waals surface area contributed by atoms with Crippen LogP contribution in [-0.4, -0.2) is 40.7 Å². The Morgan fingerprint density at radius 3 is 1.53 bits per heavy atom. The third kappa shape index (κ3) is 8.49. The van der Waals surface area contributed by atoms with Crippen LogP contribution < -0.4 is 22.8 Å². The number of thiazole rings is 1. The third-order valence-corrected chi connectivity index (χ3v) is 22.8. The maximum absolute atomic E-state index is 8.03. The number of aryl methyl sites for hydroxylation is 2. The third-order valence-electron chi connectivity index (χ3n) is 21.5. The Kier molecular flexibility index (Phi) is 11.8. The molecule has 0 fully saturated rings. The van der Waals surface area contributed by atoms with Gasteiger partial charge in [0.2, 0.25) is 17.2 Å². The molecule has 26 rings (SSSR count). The van der Waals surface area contributed by atoms with E-state index in [1.54, 1.807) is 0 Å². The zero-order valence-electron chi connectivity index (χ0n) is 58.9. The molecule has 0 spiro atoms. The van der Waals surface area contributed by atoms with E-state index >= 15 is 0 Å². The summed E-state index contributed by atoms with van der Waals surface area (Å²) in [6.45, 7) is 2.25. The summed E-state index contributed by atoms with van der Waals surface area (Å²) in [5, 5.41) is 1.39. The summed E-state index contributed by atoms with van der Waals surface area (Å²) in [7, 11) is 2.14. The predicted molar refractivity (Wildman–Crippen MR) is 403 cm³/mol. The molecule has 15 nitrogen and oxygen atoms in total. The van der Waals surface area contributed by atoms with E-state index in [0.29, 0.717) is 6.54 Å². The van der Waals surface area contributed by atoms with Gasteiger partial charge in [-0.1, -0.05) is 133 Å². The molecule has 16 heteroatoms. The van der Waals surface area contributed by atoms with Gasteiger partial charge in [-0.25, -0.2) is 22.5 Å². The second kappa shape index (κ2) is 22.2. The molecule has 15 aromatic heterocycles. The first-order chi connectivity index (χ1) is 52.1. The number of pyridine rings is 4. The number of hydrogen-bond donors (Lipinski definition) is 0. The van der Waals surface area contributed by atoms with E-state index in [4.69, 9.17) is 8.53 Å². The van der Waals surface area contributed by atoms with Crippen molar-refractivity contribution < 1.29 is 31.4 Å². The molecule has 490 valence electrons. The molecule has 0 unspecified atom stereocenters. The lowest BCUT2D eigenvalue weighted by molar-refractivity contribution is -0.649. The molecule has 0 saturated carbocycles. The fourth-order valence-electron chi connectivity index (χ4n) is 17.0. The summed E-state index contributed by atoms with van der Waals surface area (Å²) < 4.78 is 59.0. The summed E-state index contributed by atoms with van der Waals surface area (Å²) in [5.41, 5.74) is 30.1. The highest BCUT2D eigenvalue weighted by Gasteiger charge is 2.40. The summed E-state index contributed by atoms with van der Waals surface area (Å²) in [6, 6.07) is 89.0. The van der Waals surface area contributed by atoms with Gasteiger partial charge in [-0.15, -0.1) is 0 Å². The molecule has 21 aromatic rings. The van der Waals surface area contributed by atoms with E-state index in [1.165, 1.54) is 121 Å². The van der Waals surface area contributed by atoms with E-state index in [9.17, 15) is 0 Å². The molecular formula is C87H65N14OS+5. The van der Waals surface area contributed by atoms with Crippen LogP contribution in [0.4, 0.5) is 0 Å². The number of imidazole rings is 3. The number of fused-ring (bicyclic) bond motifs is 35. The summed E-state index contributed by atoms with van der Waals surface area (Å²) in [4.78, 5) is 5.56. The maximum Gasteiger partial charge on any atom is 0.383 e. The van der Waals surface area contributed by atoms with Crippen molar-refractivity contribution in [2.75, 3.05) is 0 Å². The molecule has 5 aliphatic heterocycles. The van der Waals surface area contributed by atoms with Crippen LogP contribution in [0.25, 0.3) is 145 Å². The highest BCUT2D eigenvalue weighted by atomic mass is 32.1. The number of para-hydroxylation sites is 1. The first kappa shape index (κ1) is 54.7. The van der Waals surface area contributed by atoms with E-state index in [1.807, 2.05) is 96.9 Å². The average Bonchev–Trinajstić information content (AvgIpc) is 1.58. The molecule has 6 aromatic carbocycles. The molecule has 0 aliphatic carbocycles. The summed E-state index contributed by atoms with van der Waals surface area (Å²) in [5.74, 6) is 4.30. The summed E-state index contributed by atoms with van der Waals surface area (Å²) >= 11 is 1.89. The molecule has 103 heavy (non-hydrogen) atoms. The predicted octanol–water partition coefficient (Wildman–Crippen LogP) is 15.6. The average molecular weight is 1360 g/mol. The zero-order valence-corrected chi connectivity index (χ0v) is 56.7. The minimum Gasteiger partial charge on any atom is -0.380 e. The van der Waals surface area contributed by atoms with Crippen molar-refractivity contribution in [1.82, 2.24) is 40.7 Å². The number of hydrogen-bond acceptors (Lipinski definition) is 3. The van der Waals surface area contributed by atoms with Crippen LogP contribution in [-0.2, 0) is 46.7 Å². The molecule has 0 bridgehead atoms. The van der Waals surface area contributed by atoms with E-state index in [2.05, 4.69) is 279 Å². The van der Waals surface area contributed by atoms with Crippen LogP contribution in [0.5, 0.6) is 0 Å². The number of benzene rings is 6. The molecular weight excluding hydrogens is 1290 g/mol. The molecule has 5 aliphatic rings. The van der Waals surface area contributed by atoms with Gasteiger partial charge >= 0.3 is 5.89 Å². The Bertz CT molecular complexity index is 7070. The van der Waals surface area contributed by atoms with Crippen molar-refractivity contribution in [3.63, 3.8) is 0 Å². The largest absolute Gasteiger partial charge is 0.383 e. The Labute approximate surface area is 597 Å². The van der Waals surface area contributed by atoms with E-state index in [-0.39, 0.29) is 0 Å². The number of rotatable bonds is 1. The molecule has 0 atom stereocenters. The van der Waals surface area contributed by atoms with Crippen LogP contribution in [0.1, 0.15) is 31.9 Å². The number of oxazole rings is 1. The Morgan fingerprint density at radius 2 is 0.854 bits per heavy atom. The van der Waals surface area contributed by atoms with Gasteiger partial charge in [-0.3, -0.25) is 22.9 Å². The molecule has 0 saturated heterocycles. The molecule has 0 amide bonds. The fraction of sp³-hybridized carbons (Fsp3) is 0.0805. The Morgan fingerprint density at radius 1 is 0.388 bits per heavy atom. The first-order valence-electron chi connectivity index (χ1n) is 36.4. The monoisotopic (exact) mass is 1360 g/mol. The van der Waals surface area contributed by atoms with Crippen LogP contribution in [0.3, 0.4) is 0 Å². The van der Waals surface area contributed by atoms with Crippen LogP contribution in [0.2, 0.25) is 0 Å². The SMILES string of the molecule is Cn1c2[n+](c3c1cc1cnccn13)Cc1ccccc1-2.[2H]C([2H])([2H])n1c2[n+](c3c1cc1ccccn13)Cc1ccccc1-2.c1ccc(-n2c3[n+](c4cc5ccccn5c42)Cc2ccccc2-3)cc1.c1ccc2c(c1)C[n+]1c-2oc2c1cc1ccccn12.c1ccc2c(c1)C[n+]1c-2sc2c1cc1ccccn12. The smallest absolute Gasteiger partial charge is 0.380 e. The first-order valence-corrected chi connectivity index (χ1v) is 35.7. The van der Waals surface area contributed by atoms with Gasteiger partial charge in [0.05, 0.1) is 100 Å². The number of aromatic nitrogens is 14. The van der Waals surface area contributed by atoms with Crippen LogP contribution >= 0.6 is 11.3 Å². The van der Waals surface area contributed by atoms with E-state index < -0.39 is 6.98 Å². The maximum atomic E-state index is 8.03. The van der Waals surface area contributed by atoms with Crippen LogP contribution in [0, 0.1) is 0 Å². The fourth-order valence-corrected chi connectivity index (χ4v) is 18.3. The topological polar surface area (TPSA) is 82.3 Å². The van der Waals surface area contributed by atoms with Gasteiger partial charge in [0.15, 0.2) is 34.5 Å². The van der Waals surface area contributed by atoms with Crippen molar-refractivity contribution in [1.29, 1.82) is 0 Å². The van der Waals surface area contributed by atoms with Gasteiger partial charge in [0.25, 0.3) is 39.0 Å². The molecule has 0 radical (unpaired) electrons. The van der Waals surface area contributed by atoms with Crippen molar-refractivity contribution >= 4 is 94.0 Å². The minimum absolute atomic E-state index is 0.700. The Balaban J connectivity index is 0.0000000830. The minimum atomic E-state index is -2.22. The second-order valence-corrected chi connectivity index (χ2v) is 28.1. The van der Waals surface area contributed by atoms with Gasteiger partial charge in [0, 0.05) is 76.7 Å². The van der Waals surface area contributed by atoms with Gasteiger partial charge in [0.1, 0.15) is 23.3 Å². The van der Waals surface area contributed by atoms with Crippen LogP contribution in [0.15, 0.2) is 303 Å².